The molecule has 1 saturated heterocycles. The van der Waals surface area contributed by atoms with Gasteiger partial charge in [0.2, 0.25) is 5.82 Å². The van der Waals surface area contributed by atoms with Crippen molar-refractivity contribution in [2.24, 2.45) is 7.05 Å². The van der Waals surface area contributed by atoms with E-state index < -0.39 is 0 Å². The highest BCUT2D eigenvalue weighted by Crippen LogP contribution is 2.32. The standard InChI is InChI=1S/C13H23N5O2S/c1-10(2)11-12(18(19)20)13(16(3)15-11)14-4-5-17-6-8-21-9-7-17/h10,14H,4-9H2,1-3H3. The van der Waals surface area contributed by atoms with Crippen LogP contribution in [0.15, 0.2) is 0 Å². The molecule has 0 aromatic carbocycles. The van der Waals surface area contributed by atoms with Crippen molar-refractivity contribution < 1.29 is 4.92 Å². The first-order valence-corrected chi connectivity index (χ1v) is 8.41. The van der Waals surface area contributed by atoms with Gasteiger partial charge in [0.25, 0.3) is 0 Å². The van der Waals surface area contributed by atoms with Crippen molar-refractivity contribution >= 4 is 23.3 Å². The maximum atomic E-state index is 11.3. The Labute approximate surface area is 129 Å². The number of hydrogen-bond donors (Lipinski definition) is 1. The van der Waals surface area contributed by atoms with Crippen molar-refractivity contribution in [3.05, 3.63) is 15.8 Å². The van der Waals surface area contributed by atoms with Gasteiger partial charge in [0.15, 0.2) is 0 Å². The van der Waals surface area contributed by atoms with Crippen molar-refractivity contribution in [3.63, 3.8) is 0 Å². The van der Waals surface area contributed by atoms with Crippen molar-refractivity contribution in [3.8, 4) is 0 Å². The Morgan fingerprint density at radius 1 is 1.43 bits per heavy atom. The average Bonchev–Trinajstić information content (AvgIpc) is 2.78. The molecular formula is C13H23N5O2S. The molecule has 118 valence electrons. The summed E-state index contributed by atoms with van der Waals surface area (Å²) in [5.74, 6) is 2.88. The van der Waals surface area contributed by atoms with Gasteiger partial charge in [0, 0.05) is 50.7 Å². The first-order valence-electron chi connectivity index (χ1n) is 7.26. The predicted octanol–water partition coefficient (Wildman–Crippen LogP) is 1.91. The zero-order valence-electron chi connectivity index (χ0n) is 12.8. The van der Waals surface area contributed by atoms with Crippen LogP contribution in [0.1, 0.15) is 25.5 Å². The van der Waals surface area contributed by atoms with E-state index in [1.54, 1.807) is 11.7 Å². The number of aromatic nitrogens is 2. The maximum absolute atomic E-state index is 11.3. The lowest BCUT2D eigenvalue weighted by Crippen LogP contribution is -2.36. The molecule has 1 N–H and O–H groups in total. The summed E-state index contributed by atoms with van der Waals surface area (Å²) in [4.78, 5) is 13.4. The second-order valence-corrected chi connectivity index (χ2v) is 6.72. The summed E-state index contributed by atoms with van der Waals surface area (Å²) < 4.78 is 1.58. The van der Waals surface area contributed by atoms with E-state index in [1.807, 2.05) is 25.6 Å². The Balaban J connectivity index is 2.03. The molecule has 1 fully saturated rings. The van der Waals surface area contributed by atoms with Gasteiger partial charge in [-0.1, -0.05) is 13.8 Å². The van der Waals surface area contributed by atoms with Crippen LogP contribution in [0.25, 0.3) is 0 Å². The first-order chi connectivity index (χ1) is 10.0. The van der Waals surface area contributed by atoms with Crippen LogP contribution in [0, 0.1) is 10.1 Å². The number of hydrogen-bond acceptors (Lipinski definition) is 6. The molecule has 0 saturated carbocycles. The third-order valence-corrected chi connectivity index (χ3v) is 4.54. The Morgan fingerprint density at radius 2 is 2.10 bits per heavy atom. The number of rotatable bonds is 6. The minimum absolute atomic E-state index is 0.0336. The van der Waals surface area contributed by atoms with Gasteiger partial charge < -0.3 is 5.32 Å². The smallest absolute Gasteiger partial charge is 0.334 e. The van der Waals surface area contributed by atoms with Crippen LogP contribution in [-0.4, -0.2) is 57.3 Å². The third-order valence-electron chi connectivity index (χ3n) is 3.60. The van der Waals surface area contributed by atoms with Gasteiger partial charge in [-0.2, -0.15) is 16.9 Å². The summed E-state index contributed by atoms with van der Waals surface area (Å²) in [7, 11) is 1.75. The van der Waals surface area contributed by atoms with E-state index in [-0.39, 0.29) is 16.5 Å². The summed E-state index contributed by atoms with van der Waals surface area (Å²) in [5, 5.41) is 18.8. The lowest BCUT2D eigenvalue weighted by molar-refractivity contribution is -0.384. The number of thioether (sulfide) groups is 1. The largest absolute Gasteiger partial charge is 0.363 e. The predicted molar refractivity (Wildman–Crippen MR) is 86.2 cm³/mol. The van der Waals surface area contributed by atoms with Crippen LogP contribution < -0.4 is 5.32 Å². The summed E-state index contributed by atoms with van der Waals surface area (Å²) in [6.45, 7) is 7.63. The quantitative estimate of drug-likeness (QED) is 0.638. The Bertz CT molecular complexity index is 497. The molecule has 0 bridgehead atoms. The molecule has 0 amide bonds. The SMILES string of the molecule is CC(C)c1nn(C)c(NCCN2CCSCC2)c1[N+](=O)[O-]. The Kier molecular flexibility index (Phi) is 5.46. The monoisotopic (exact) mass is 313 g/mol. The molecule has 1 aliphatic heterocycles. The zero-order valence-corrected chi connectivity index (χ0v) is 13.7. The van der Waals surface area contributed by atoms with Gasteiger partial charge >= 0.3 is 5.69 Å². The second-order valence-electron chi connectivity index (χ2n) is 5.50. The van der Waals surface area contributed by atoms with Crippen LogP contribution in [0.5, 0.6) is 0 Å². The third kappa shape index (κ3) is 3.88. The molecule has 21 heavy (non-hydrogen) atoms. The van der Waals surface area contributed by atoms with Crippen LogP contribution in [0.2, 0.25) is 0 Å². The zero-order chi connectivity index (χ0) is 15.4. The summed E-state index contributed by atoms with van der Waals surface area (Å²) in [6, 6.07) is 0. The number of anilines is 1. The second kappa shape index (κ2) is 7.13. The molecular weight excluding hydrogens is 290 g/mol. The molecule has 8 heteroatoms. The van der Waals surface area contributed by atoms with E-state index >= 15 is 0 Å². The van der Waals surface area contributed by atoms with Crippen LogP contribution in [-0.2, 0) is 7.05 Å². The fourth-order valence-corrected chi connectivity index (χ4v) is 3.44. The highest BCUT2D eigenvalue weighted by atomic mass is 32.2. The maximum Gasteiger partial charge on any atom is 0.334 e. The fourth-order valence-electron chi connectivity index (χ4n) is 2.46. The van der Waals surface area contributed by atoms with Crippen molar-refractivity contribution in [1.82, 2.24) is 14.7 Å². The highest BCUT2D eigenvalue weighted by molar-refractivity contribution is 7.99. The van der Waals surface area contributed by atoms with E-state index in [4.69, 9.17) is 0 Å². The topological polar surface area (TPSA) is 76.2 Å². The normalized spacial score (nSPS) is 16.4. The number of nitrogens with zero attached hydrogens (tertiary/aromatic N) is 4. The number of nitrogens with one attached hydrogen (secondary N) is 1. The molecule has 1 aliphatic rings. The molecule has 1 aromatic rings. The van der Waals surface area contributed by atoms with Crippen LogP contribution in [0.4, 0.5) is 11.5 Å². The van der Waals surface area contributed by atoms with Gasteiger partial charge in [0.05, 0.1) is 4.92 Å². The van der Waals surface area contributed by atoms with Gasteiger partial charge in [-0.3, -0.25) is 15.0 Å². The Morgan fingerprint density at radius 3 is 2.67 bits per heavy atom. The van der Waals surface area contributed by atoms with E-state index in [2.05, 4.69) is 15.3 Å². The van der Waals surface area contributed by atoms with Gasteiger partial charge in [0.1, 0.15) is 5.69 Å². The van der Waals surface area contributed by atoms with Crippen LogP contribution in [0.3, 0.4) is 0 Å². The van der Waals surface area contributed by atoms with Crippen LogP contribution >= 0.6 is 11.8 Å². The van der Waals surface area contributed by atoms with E-state index in [1.165, 1.54) is 11.5 Å². The molecule has 2 rings (SSSR count). The molecule has 0 atom stereocenters. The van der Waals surface area contributed by atoms with Crippen molar-refractivity contribution in [2.75, 3.05) is 43.0 Å². The van der Waals surface area contributed by atoms with Gasteiger partial charge in [-0.05, 0) is 0 Å². The minimum Gasteiger partial charge on any atom is -0.363 e. The minimum atomic E-state index is -0.331. The van der Waals surface area contributed by atoms with Gasteiger partial charge in [-0.15, -0.1) is 0 Å². The van der Waals surface area contributed by atoms with Crippen molar-refractivity contribution in [2.45, 2.75) is 19.8 Å². The number of aryl methyl sites for hydroxylation is 1. The van der Waals surface area contributed by atoms with E-state index in [0.29, 0.717) is 18.1 Å². The summed E-state index contributed by atoms with van der Waals surface area (Å²) in [5.41, 5.74) is 0.654. The molecule has 0 spiro atoms. The lowest BCUT2D eigenvalue weighted by atomic mass is 10.1. The lowest BCUT2D eigenvalue weighted by Gasteiger charge is -2.26. The average molecular weight is 313 g/mol. The molecule has 7 nitrogen and oxygen atoms in total. The number of nitro groups is 1. The van der Waals surface area contributed by atoms with Crippen molar-refractivity contribution in [1.29, 1.82) is 0 Å². The van der Waals surface area contributed by atoms with Gasteiger partial charge in [-0.25, -0.2) is 4.68 Å². The first kappa shape index (κ1) is 16.1. The Hall–Kier alpha value is -1.28. The molecule has 0 unspecified atom stereocenters. The van der Waals surface area contributed by atoms with E-state index in [9.17, 15) is 10.1 Å². The fraction of sp³-hybridized carbons (Fsp3) is 0.769. The molecule has 2 heterocycles. The molecule has 0 aliphatic carbocycles. The summed E-state index contributed by atoms with van der Waals surface area (Å²) >= 11 is 1.98. The molecule has 0 radical (unpaired) electrons. The van der Waals surface area contributed by atoms with E-state index in [0.717, 1.165) is 19.6 Å². The summed E-state index contributed by atoms with van der Waals surface area (Å²) in [6.07, 6.45) is 0. The molecule has 1 aromatic heterocycles. The highest BCUT2D eigenvalue weighted by Gasteiger charge is 2.28.